The summed E-state index contributed by atoms with van der Waals surface area (Å²) in [4.78, 5) is 26.4. The van der Waals surface area contributed by atoms with Gasteiger partial charge in [0.05, 0.1) is 21.5 Å². The number of non-ortho nitro benzene ring substituents is 1. The van der Waals surface area contributed by atoms with Gasteiger partial charge in [0, 0.05) is 17.8 Å². The maximum atomic E-state index is 13.5. The molecule has 0 saturated heterocycles. The van der Waals surface area contributed by atoms with E-state index >= 15 is 0 Å². The molecule has 0 aliphatic carbocycles. The Morgan fingerprint density at radius 2 is 1.81 bits per heavy atom. The van der Waals surface area contributed by atoms with Crippen LogP contribution in [-0.2, 0) is 6.18 Å². The quantitative estimate of drug-likeness (QED) is 0.276. The minimum absolute atomic E-state index is 0.106. The van der Waals surface area contributed by atoms with E-state index in [1.807, 2.05) is 0 Å². The molecule has 0 unspecified atom stereocenters. The predicted octanol–water partition coefficient (Wildman–Crippen LogP) is 4.86. The summed E-state index contributed by atoms with van der Waals surface area (Å²) >= 11 is 0. The summed E-state index contributed by atoms with van der Waals surface area (Å²) in [6.07, 6.45) is -4.80. The molecule has 2 N–H and O–H groups in total. The van der Waals surface area contributed by atoms with Crippen LogP contribution in [0.25, 0.3) is 27.8 Å². The summed E-state index contributed by atoms with van der Waals surface area (Å²) in [7, 11) is 0. The monoisotopic (exact) mass is 444 g/mol. The molecule has 0 aliphatic rings. The van der Waals surface area contributed by atoms with E-state index < -0.39 is 28.4 Å². The Hall–Kier alpha value is -4.28. The largest absolute Gasteiger partial charge is 0.417 e. The second kappa shape index (κ2) is 7.45. The third-order valence-electron chi connectivity index (χ3n) is 4.77. The highest BCUT2D eigenvalue weighted by molar-refractivity contribution is 5.95. The number of hydrogen-bond acceptors (Lipinski definition) is 4. The number of halogens is 4. The van der Waals surface area contributed by atoms with Crippen molar-refractivity contribution in [1.82, 2.24) is 9.55 Å². The number of imidazole rings is 1. The molecule has 32 heavy (non-hydrogen) atoms. The van der Waals surface area contributed by atoms with E-state index in [4.69, 9.17) is 5.73 Å². The van der Waals surface area contributed by atoms with Crippen molar-refractivity contribution in [3.63, 3.8) is 0 Å². The molecule has 1 amide bonds. The number of benzene rings is 3. The smallest absolute Gasteiger partial charge is 0.363 e. The molecular weight excluding hydrogens is 432 g/mol. The molecule has 0 atom stereocenters. The minimum Gasteiger partial charge on any atom is -0.363 e. The standard InChI is InChI=1S/C21H12F4N4O3/c22-12-4-6-15(16(9-12)21(23,24)25)11-2-1-3-13(8-11)28-18-7-5-14(29(31)32)10-17(18)27-20(28)19(26)30/h1-10H,(H2,26,30). The Balaban J connectivity index is 1.95. The first kappa shape index (κ1) is 21.0. The molecule has 0 saturated carbocycles. The van der Waals surface area contributed by atoms with Crippen LogP contribution in [0.3, 0.4) is 0 Å². The molecule has 0 aliphatic heterocycles. The van der Waals surface area contributed by atoms with Crippen LogP contribution in [0, 0.1) is 15.9 Å². The Kier molecular flexibility index (Phi) is 4.88. The molecule has 0 spiro atoms. The Bertz CT molecular complexity index is 1400. The van der Waals surface area contributed by atoms with Crippen molar-refractivity contribution in [3.8, 4) is 16.8 Å². The van der Waals surface area contributed by atoms with Crippen LogP contribution in [0.1, 0.15) is 16.2 Å². The molecular formula is C21H12F4N4O3. The van der Waals surface area contributed by atoms with E-state index in [2.05, 4.69) is 4.98 Å². The molecule has 4 rings (SSSR count). The van der Waals surface area contributed by atoms with Crippen LogP contribution in [0.5, 0.6) is 0 Å². The first-order chi connectivity index (χ1) is 15.1. The molecule has 162 valence electrons. The number of rotatable bonds is 4. The average Bonchev–Trinajstić information content (AvgIpc) is 3.12. The average molecular weight is 444 g/mol. The lowest BCUT2D eigenvalue weighted by Crippen LogP contribution is -2.17. The van der Waals surface area contributed by atoms with Gasteiger partial charge >= 0.3 is 6.18 Å². The Morgan fingerprint density at radius 1 is 1.06 bits per heavy atom. The van der Waals surface area contributed by atoms with Gasteiger partial charge in [-0.25, -0.2) is 9.37 Å². The van der Waals surface area contributed by atoms with Crippen molar-refractivity contribution in [2.45, 2.75) is 6.18 Å². The molecule has 1 heterocycles. The highest BCUT2D eigenvalue weighted by Gasteiger charge is 2.34. The Morgan fingerprint density at radius 3 is 2.47 bits per heavy atom. The van der Waals surface area contributed by atoms with Gasteiger partial charge in [-0.3, -0.25) is 19.5 Å². The van der Waals surface area contributed by atoms with E-state index in [1.54, 1.807) is 0 Å². The molecule has 0 fully saturated rings. The number of nitrogens with zero attached hydrogens (tertiary/aromatic N) is 3. The van der Waals surface area contributed by atoms with Gasteiger partial charge in [0.15, 0.2) is 0 Å². The first-order valence-electron chi connectivity index (χ1n) is 9.00. The van der Waals surface area contributed by atoms with Crippen LogP contribution < -0.4 is 5.73 Å². The molecule has 0 radical (unpaired) electrons. The fourth-order valence-corrected chi connectivity index (χ4v) is 3.42. The van der Waals surface area contributed by atoms with Crippen molar-refractivity contribution in [3.05, 3.63) is 88.0 Å². The fourth-order valence-electron chi connectivity index (χ4n) is 3.42. The van der Waals surface area contributed by atoms with Gasteiger partial charge in [-0.2, -0.15) is 13.2 Å². The summed E-state index contributed by atoms with van der Waals surface area (Å²) < 4.78 is 55.2. The number of carbonyl (C=O) groups excluding carboxylic acids is 1. The Labute approximate surface area is 176 Å². The summed E-state index contributed by atoms with van der Waals surface area (Å²) in [5.74, 6) is -2.23. The number of alkyl halides is 3. The topological polar surface area (TPSA) is 104 Å². The van der Waals surface area contributed by atoms with Crippen LogP contribution in [0.4, 0.5) is 23.2 Å². The maximum absolute atomic E-state index is 13.5. The summed E-state index contributed by atoms with van der Waals surface area (Å²) in [5.41, 5.74) is 4.48. The normalized spacial score (nSPS) is 11.6. The zero-order valence-electron chi connectivity index (χ0n) is 15.9. The van der Waals surface area contributed by atoms with Gasteiger partial charge in [-0.05, 0) is 41.5 Å². The molecule has 3 aromatic carbocycles. The molecule has 0 bridgehead atoms. The van der Waals surface area contributed by atoms with Crippen molar-refractivity contribution >= 4 is 22.6 Å². The number of nitro benzene ring substituents is 1. The number of primary amides is 1. The second-order valence-electron chi connectivity index (χ2n) is 6.80. The third-order valence-corrected chi connectivity index (χ3v) is 4.77. The van der Waals surface area contributed by atoms with Crippen molar-refractivity contribution in [1.29, 1.82) is 0 Å². The number of nitro groups is 1. The first-order valence-corrected chi connectivity index (χ1v) is 9.00. The van der Waals surface area contributed by atoms with Gasteiger partial charge in [0.2, 0.25) is 5.82 Å². The van der Waals surface area contributed by atoms with Crippen LogP contribution in [0.15, 0.2) is 60.7 Å². The number of aromatic nitrogens is 2. The summed E-state index contributed by atoms with van der Waals surface area (Å²) in [6.45, 7) is 0. The molecule has 7 nitrogen and oxygen atoms in total. The lowest BCUT2D eigenvalue weighted by molar-refractivity contribution is -0.384. The van der Waals surface area contributed by atoms with Gasteiger partial charge in [0.1, 0.15) is 5.82 Å². The van der Waals surface area contributed by atoms with E-state index in [1.165, 1.54) is 41.0 Å². The fraction of sp³-hybridized carbons (Fsp3) is 0.0476. The van der Waals surface area contributed by atoms with Crippen molar-refractivity contribution in [2.24, 2.45) is 5.73 Å². The van der Waals surface area contributed by atoms with Crippen molar-refractivity contribution < 1.29 is 27.3 Å². The van der Waals surface area contributed by atoms with Crippen LogP contribution in [-0.4, -0.2) is 20.4 Å². The number of amides is 1. The molecule has 11 heteroatoms. The zero-order valence-corrected chi connectivity index (χ0v) is 15.9. The summed E-state index contributed by atoms with van der Waals surface area (Å²) in [5, 5.41) is 11.0. The molecule has 4 aromatic rings. The number of fused-ring (bicyclic) bond motifs is 1. The highest BCUT2D eigenvalue weighted by atomic mass is 19.4. The number of hydrogen-bond donors (Lipinski definition) is 1. The minimum atomic E-state index is -4.80. The zero-order chi connectivity index (χ0) is 23.2. The van der Waals surface area contributed by atoms with Crippen LogP contribution in [0.2, 0.25) is 0 Å². The van der Waals surface area contributed by atoms with Gasteiger partial charge in [0.25, 0.3) is 11.6 Å². The van der Waals surface area contributed by atoms with Crippen molar-refractivity contribution in [2.75, 3.05) is 0 Å². The number of nitrogens with two attached hydrogens (primary N) is 1. The van der Waals surface area contributed by atoms with E-state index in [0.29, 0.717) is 6.07 Å². The van der Waals surface area contributed by atoms with Gasteiger partial charge in [-0.1, -0.05) is 18.2 Å². The second-order valence-corrected chi connectivity index (χ2v) is 6.80. The lowest BCUT2D eigenvalue weighted by atomic mass is 9.98. The van der Waals surface area contributed by atoms with Gasteiger partial charge < -0.3 is 5.73 Å². The van der Waals surface area contributed by atoms with E-state index in [9.17, 15) is 32.5 Å². The highest BCUT2D eigenvalue weighted by Crippen LogP contribution is 2.38. The van der Waals surface area contributed by atoms with E-state index in [-0.39, 0.29) is 39.4 Å². The predicted molar refractivity (Wildman–Crippen MR) is 107 cm³/mol. The van der Waals surface area contributed by atoms with E-state index in [0.717, 1.165) is 18.2 Å². The maximum Gasteiger partial charge on any atom is 0.417 e. The summed E-state index contributed by atoms with van der Waals surface area (Å²) in [6, 6.07) is 11.8. The van der Waals surface area contributed by atoms with Gasteiger partial charge in [-0.15, -0.1) is 0 Å². The lowest BCUT2D eigenvalue weighted by Gasteiger charge is -2.15. The molecule has 1 aromatic heterocycles. The SMILES string of the molecule is NC(=O)c1nc2cc([N+](=O)[O-])ccc2n1-c1cccc(-c2ccc(F)cc2C(F)(F)F)c1. The number of carbonyl (C=O) groups is 1. The third kappa shape index (κ3) is 3.64. The van der Waals surface area contributed by atoms with Crippen LogP contribution >= 0.6 is 0 Å².